The van der Waals surface area contributed by atoms with Gasteiger partial charge >= 0.3 is 0 Å². The van der Waals surface area contributed by atoms with Crippen LogP contribution in [0.15, 0.2) is 12.2 Å². The second kappa shape index (κ2) is 11.2. The van der Waals surface area contributed by atoms with Gasteiger partial charge in [-0.15, -0.1) is 0 Å². The summed E-state index contributed by atoms with van der Waals surface area (Å²) >= 11 is 0. The molecule has 6 heteroatoms. The highest BCUT2D eigenvalue weighted by Crippen LogP contribution is 2.22. The topological polar surface area (TPSA) is 93.4 Å². The molecule has 22 heavy (non-hydrogen) atoms. The molecule has 126 valence electrons. The summed E-state index contributed by atoms with van der Waals surface area (Å²) in [5, 5.41) is 5.34. The van der Waals surface area contributed by atoms with Crippen molar-refractivity contribution in [1.29, 1.82) is 0 Å². The molecule has 0 saturated heterocycles. The summed E-state index contributed by atoms with van der Waals surface area (Å²) in [4.78, 5) is 23.0. The van der Waals surface area contributed by atoms with Gasteiger partial charge in [0, 0.05) is 26.1 Å². The Balaban J connectivity index is 2.13. The quantitative estimate of drug-likeness (QED) is 0.580. The molecule has 6 nitrogen and oxygen atoms in total. The third-order valence-corrected chi connectivity index (χ3v) is 3.66. The summed E-state index contributed by atoms with van der Waals surface area (Å²) < 4.78 is 5.68. The fourth-order valence-electron chi connectivity index (χ4n) is 2.45. The van der Waals surface area contributed by atoms with E-state index < -0.39 is 0 Å². The van der Waals surface area contributed by atoms with Crippen LogP contribution in [0.25, 0.3) is 0 Å². The summed E-state index contributed by atoms with van der Waals surface area (Å²) in [5.74, 6) is -0.290. The van der Waals surface area contributed by atoms with Gasteiger partial charge in [0.05, 0.1) is 6.10 Å². The highest BCUT2D eigenvalue weighted by atomic mass is 16.5. The van der Waals surface area contributed by atoms with Gasteiger partial charge in [0.2, 0.25) is 11.8 Å². The molecule has 4 N–H and O–H groups in total. The molecule has 0 heterocycles. The lowest BCUT2D eigenvalue weighted by atomic mass is 9.95. The predicted molar refractivity (Wildman–Crippen MR) is 86.3 cm³/mol. The van der Waals surface area contributed by atoms with E-state index in [2.05, 4.69) is 17.2 Å². The Morgan fingerprint density at radius 3 is 2.73 bits per heavy atom. The van der Waals surface area contributed by atoms with E-state index in [1.54, 1.807) is 0 Å². The molecular formula is C16H29N3O3. The molecule has 1 atom stereocenters. The molecule has 0 aromatic carbocycles. The maximum atomic E-state index is 11.7. The summed E-state index contributed by atoms with van der Waals surface area (Å²) in [6.07, 6.45) is 6.77. The van der Waals surface area contributed by atoms with Crippen molar-refractivity contribution in [1.82, 2.24) is 10.6 Å². The van der Waals surface area contributed by atoms with E-state index in [9.17, 15) is 9.59 Å². The van der Waals surface area contributed by atoms with Gasteiger partial charge in [-0.1, -0.05) is 25.0 Å². The van der Waals surface area contributed by atoms with Crippen molar-refractivity contribution in [3.63, 3.8) is 0 Å². The van der Waals surface area contributed by atoms with Crippen molar-refractivity contribution < 1.29 is 14.3 Å². The molecule has 1 aliphatic carbocycles. The van der Waals surface area contributed by atoms with Gasteiger partial charge in [-0.2, -0.15) is 0 Å². The first kappa shape index (κ1) is 18.6. The van der Waals surface area contributed by atoms with Crippen LogP contribution >= 0.6 is 0 Å². The molecule has 1 saturated carbocycles. The molecule has 0 aromatic rings. The van der Waals surface area contributed by atoms with Crippen LogP contribution in [0.2, 0.25) is 0 Å². The molecule has 1 unspecified atom stereocenters. The van der Waals surface area contributed by atoms with Crippen molar-refractivity contribution in [3.8, 4) is 0 Å². The first-order chi connectivity index (χ1) is 10.6. The molecule has 2 amide bonds. The van der Waals surface area contributed by atoms with Crippen LogP contribution in [0, 0.1) is 0 Å². The minimum atomic E-state index is -0.181. The highest BCUT2D eigenvalue weighted by molar-refractivity contribution is 5.79. The number of hydrogen-bond acceptors (Lipinski definition) is 4. The first-order valence-electron chi connectivity index (χ1n) is 8.13. The molecule has 0 bridgehead atoms. The Kier molecular flexibility index (Phi) is 9.50. The van der Waals surface area contributed by atoms with E-state index in [1.807, 2.05) is 0 Å². The molecule has 1 aliphatic rings. The zero-order valence-corrected chi connectivity index (χ0v) is 13.4. The summed E-state index contributed by atoms with van der Waals surface area (Å²) in [6.45, 7) is 5.29. The standard InChI is InChI=1S/C16H29N3O3/c1-13-5-3-2-4-6-14(11-13)22-12-16(21)18-9-7-15(20)19-10-8-17/h14H,1-12,17H2,(H,18,21)(H,19,20). The number of amides is 2. The van der Waals surface area contributed by atoms with Gasteiger partial charge in [-0.3, -0.25) is 9.59 Å². The van der Waals surface area contributed by atoms with Crippen LogP contribution in [-0.2, 0) is 14.3 Å². The number of nitrogens with one attached hydrogen (secondary N) is 2. The van der Waals surface area contributed by atoms with E-state index in [0.717, 1.165) is 25.7 Å². The van der Waals surface area contributed by atoms with E-state index >= 15 is 0 Å². The average Bonchev–Trinajstić information content (AvgIpc) is 2.47. The molecule has 0 radical (unpaired) electrons. The Hall–Kier alpha value is -1.40. The first-order valence-corrected chi connectivity index (χ1v) is 8.13. The van der Waals surface area contributed by atoms with Gasteiger partial charge in [-0.05, 0) is 25.7 Å². The Morgan fingerprint density at radius 1 is 1.18 bits per heavy atom. The molecule has 0 aromatic heterocycles. The maximum absolute atomic E-state index is 11.7. The Bertz CT molecular complexity index is 372. The van der Waals surface area contributed by atoms with E-state index in [-0.39, 0.29) is 30.9 Å². The Morgan fingerprint density at radius 2 is 1.95 bits per heavy atom. The second-order valence-electron chi connectivity index (χ2n) is 5.73. The summed E-state index contributed by atoms with van der Waals surface area (Å²) in [5.41, 5.74) is 6.50. The Labute approximate surface area is 132 Å². The molecule has 0 aliphatic heterocycles. The van der Waals surface area contributed by atoms with Crippen molar-refractivity contribution in [3.05, 3.63) is 12.2 Å². The molecule has 1 fully saturated rings. The molecular weight excluding hydrogens is 282 g/mol. The zero-order chi connectivity index (χ0) is 16.2. The fraction of sp³-hybridized carbons (Fsp3) is 0.750. The SMILES string of the molecule is C=C1CCCCCC(OCC(=O)NCCC(=O)NCCN)C1. The number of rotatable bonds is 8. The number of nitrogens with two attached hydrogens (primary N) is 1. The number of hydrogen-bond donors (Lipinski definition) is 3. The number of carbonyl (C=O) groups excluding carboxylic acids is 2. The van der Waals surface area contributed by atoms with Crippen molar-refractivity contribution >= 4 is 11.8 Å². The van der Waals surface area contributed by atoms with Crippen LogP contribution in [0.3, 0.4) is 0 Å². The minimum absolute atomic E-state index is 0.0440. The van der Waals surface area contributed by atoms with Crippen LogP contribution < -0.4 is 16.4 Å². The lowest BCUT2D eigenvalue weighted by molar-refractivity contribution is -0.128. The van der Waals surface area contributed by atoms with Crippen LogP contribution in [-0.4, -0.2) is 44.2 Å². The normalized spacial score (nSPS) is 19.1. The minimum Gasteiger partial charge on any atom is -0.368 e. The van der Waals surface area contributed by atoms with Crippen molar-refractivity contribution in [2.75, 3.05) is 26.2 Å². The predicted octanol–water partition coefficient (Wildman–Crippen LogP) is 0.863. The van der Waals surface area contributed by atoms with E-state index in [4.69, 9.17) is 10.5 Å². The zero-order valence-electron chi connectivity index (χ0n) is 13.4. The maximum Gasteiger partial charge on any atom is 0.246 e. The third kappa shape index (κ3) is 8.79. The van der Waals surface area contributed by atoms with Crippen molar-refractivity contribution in [2.24, 2.45) is 5.73 Å². The van der Waals surface area contributed by atoms with Crippen LogP contribution in [0.1, 0.15) is 44.9 Å². The lowest BCUT2D eigenvalue weighted by Gasteiger charge is -2.21. The van der Waals surface area contributed by atoms with Gasteiger partial charge in [0.15, 0.2) is 0 Å². The van der Waals surface area contributed by atoms with Crippen LogP contribution in [0.5, 0.6) is 0 Å². The van der Waals surface area contributed by atoms with E-state index in [1.165, 1.54) is 18.4 Å². The summed E-state index contributed by atoms with van der Waals surface area (Å²) in [6, 6.07) is 0. The van der Waals surface area contributed by atoms with Gasteiger partial charge < -0.3 is 21.1 Å². The number of ether oxygens (including phenoxy) is 1. The smallest absolute Gasteiger partial charge is 0.246 e. The van der Waals surface area contributed by atoms with E-state index in [0.29, 0.717) is 19.6 Å². The number of carbonyl (C=O) groups is 2. The average molecular weight is 311 g/mol. The van der Waals surface area contributed by atoms with Gasteiger partial charge in [0.25, 0.3) is 0 Å². The summed E-state index contributed by atoms with van der Waals surface area (Å²) in [7, 11) is 0. The molecule has 1 rings (SSSR count). The highest BCUT2D eigenvalue weighted by Gasteiger charge is 2.15. The van der Waals surface area contributed by atoms with Crippen molar-refractivity contribution in [2.45, 2.75) is 51.0 Å². The van der Waals surface area contributed by atoms with Gasteiger partial charge in [-0.25, -0.2) is 0 Å². The van der Waals surface area contributed by atoms with Gasteiger partial charge in [0.1, 0.15) is 6.61 Å². The monoisotopic (exact) mass is 311 g/mol. The second-order valence-corrected chi connectivity index (χ2v) is 5.73. The van der Waals surface area contributed by atoms with Crippen LogP contribution in [0.4, 0.5) is 0 Å². The largest absolute Gasteiger partial charge is 0.368 e. The third-order valence-electron chi connectivity index (χ3n) is 3.66. The molecule has 0 spiro atoms. The lowest BCUT2D eigenvalue weighted by Crippen LogP contribution is -2.35. The fourth-order valence-corrected chi connectivity index (χ4v) is 2.45.